The van der Waals surface area contributed by atoms with Crippen LogP contribution in [0.3, 0.4) is 0 Å². The highest BCUT2D eigenvalue weighted by atomic mass is 16.5. The molecule has 7 nitrogen and oxygen atoms in total. The zero-order valence-corrected chi connectivity index (χ0v) is 26.9. The summed E-state index contributed by atoms with van der Waals surface area (Å²) in [5, 5.41) is 41.7. The van der Waals surface area contributed by atoms with E-state index in [1.165, 1.54) is 57.8 Å². The van der Waals surface area contributed by atoms with Crippen molar-refractivity contribution < 1.29 is 34.7 Å². The molecule has 1 fully saturated rings. The Morgan fingerprint density at radius 1 is 0.667 bits per heavy atom. The molecule has 0 radical (unpaired) electrons. The van der Waals surface area contributed by atoms with Gasteiger partial charge in [-0.2, -0.15) is 0 Å². The first-order chi connectivity index (χ1) is 20.3. The number of aliphatic hydroxyl groups excluding tert-OH is 4. The maximum atomic E-state index is 11.6. The zero-order chi connectivity index (χ0) is 30.6. The van der Waals surface area contributed by atoms with Gasteiger partial charge in [0.2, 0.25) is 0 Å². The van der Waals surface area contributed by atoms with Gasteiger partial charge >= 0.3 is 5.97 Å². The van der Waals surface area contributed by atoms with Gasteiger partial charge in [-0.15, -0.1) is 0 Å². The Morgan fingerprint density at radius 3 is 1.62 bits per heavy atom. The second kappa shape index (κ2) is 22.5. The van der Waals surface area contributed by atoms with Gasteiger partial charge in [0.05, 0.1) is 36.6 Å². The highest BCUT2D eigenvalue weighted by Crippen LogP contribution is 2.28. The van der Waals surface area contributed by atoms with Crippen molar-refractivity contribution in [3.63, 3.8) is 0 Å². The van der Waals surface area contributed by atoms with E-state index in [0.717, 1.165) is 70.6 Å². The highest BCUT2D eigenvalue weighted by molar-refractivity contribution is 5.90. The van der Waals surface area contributed by atoms with Crippen LogP contribution >= 0.6 is 0 Å². The van der Waals surface area contributed by atoms with Crippen LogP contribution in [0.5, 0.6) is 0 Å². The molecular formula is C35H64O7. The molecule has 1 saturated heterocycles. The fraction of sp³-hybridized carbons (Fsp3) is 0.914. The van der Waals surface area contributed by atoms with Crippen molar-refractivity contribution in [1.82, 2.24) is 0 Å². The SMILES string of the molecule is CCCCCCCCCCCC[C@H](O)[C@@H]1CC[C@@H]([C@@H](O)CCCC[C@@H](O)CCCCC[C@@H](O)CC2=C[C@H](C)OC2=O)O1. The van der Waals surface area contributed by atoms with E-state index in [4.69, 9.17) is 9.47 Å². The fourth-order valence-corrected chi connectivity index (χ4v) is 6.42. The van der Waals surface area contributed by atoms with Crippen molar-refractivity contribution in [1.29, 1.82) is 0 Å². The van der Waals surface area contributed by atoms with Crippen molar-refractivity contribution in [2.75, 3.05) is 0 Å². The van der Waals surface area contributed by atoms with Crippen LogP contribution in [-0.2, 0) is 14.3 Å². The summed E-state index contributed by atoms with van der Waals surface area (Å²) >= 11 is 0. The second-order valence-corrected chi connectivity index (χ2v) is 13.1. The normalized spacial score (nSPS) is 23.5. The molecule has 0 aromatic rings. The van der Waals surface area contributed by atoms with Gasteiger partial charge in [0, 0.05) is 12.0 Å². The van der Waals surface area contributed by atoms with E-state index in [1.807, 2.05) is 6.92 Å². The summed E-state index contributed by atoms with van der Waals surface area (Å²) in [4.78, 5) is 11.6. The van der Waals surface area contributed by atoms with Crippen molar-refractivity contribution in [2.24, 2.45) is 0 Å². The predicted molar refractivity (Wildman–Crippen MR) is 168 cm³/mol. The molecule has 0 aliphatic carbocycles. The van der Waals surface area contributed by atoms with E-state index in [2.05, 4.69) is 6.92 Å². The predicted octanol–water partition coefficient (Wildman–Crippen LogP) is 7.06. The molecule has 0 amide bonds. The molecule has 7 heteroatoms. The summed E-state index contributed by atoms with van der Waals surface area (Å²) in [5.74, 6) is -0.314. The minimum Gasteiger partial charge on any atom is -0.455 e. The van der Waals surface area contributed by atoms with Gasteiger partial charge in [-0.1, -0.05) is 103 Å². The quantitative estimate of drug-likeness (QED) is 0.0624. The van der Waals surface area contributed by atoms with E-state index in [0.29, 0.717) is 24.8 Å². The fourth-order valence-electron chi connectivity index (χ4n) is 6.42. The van der Waals surface area contributed by atoms with Crippen molar-refractivity contribution in [2.45, 2.75) is 204 Å². The van der Waals surface area contributed by atoms with E-state index in [-0.39, 0.29) is 30.4 Å². The number of aliphatic hydroxyl groups is 4. The number of carbonyl (C=O) groups excluding carboxylic acids is 1. The molecule has 0 bridgehead atoms. The molecule has 4 N–H and O–H groups in total. The Morgan fingerprint density at radius 2 is 1.10 bits per heavy atom. The summed E-state index contributed by atoms with van der Waals surface area (Å²) < 4.78 is 11.1. The summed E-state index contributed by atoms with van der Waals surface area (Å²) in [6.07, 6.45) is 22.4. The number of ether oxygens (including phenoxy) is 2. The molecule has 246 valence electrons. The maximum Gasteiger partial charge on any atom is 0.334 e. The summed E-state index contributed by atoms with van der Waals surface area (Å²) in [6.45, 7) is 4.07. The van der Waals surface area contributed by atoms with E-state index in [9.17, 15) is 25.2 Å². The number of cyclic esters (lactones) is 1. The Labute approximate surface area is 256 Å². The smallest absolute Gasteiger partial charge is 0.334 e. The molecule has 2 rings (SSSR count). The first-order valence-corrected chi connectivity index (χ1v) is 17.6. The maximum absolute atomic E-state index is 11.6. The van der Waals surface area contributed by atoms with Gasteiger partial charge < -0.3 is 29.9 Å². The number of carbonyl (C=O) groups is 1. The summed E-state index contributed by atoms with van der Waals surface area (Å²) in [5.41, 5.74) is 0.576. The van der Waals surface area contributed by atoms with Gasteiger partial charge in [0.15, 0.2) is 0 Å². The van der Waals surface area contributed by atoms with E-state index >= 15 is 0 Å². The lowest BCUT2D eigenvalue weighted by Gasteiger charge is -2.22. The summed E-state index contributed by atoms with van der Waals surface area (Å²) in [7, 11) is 0. The van der Waals surface area contributed by atoms with Crippen LogP contribution in [0, 0.1) is 0 Å². The Bertz CT molecular complexity index is 726. The van der Waals surface area contributed by atoms with Crippen LogP contribution in [0.1, 0.15) is 162 Å². The number of hydrogen-bond donors (Lipinski definition) is 4. The van der Waals surface area contributed by atoms with Gasteiger partial charge in [0.1, 0.15) is 6.10 Å². The van der Waals surface area contributed by atoms with Gasteiger partial charge in [-0.3, -0.25) is 0 Å². The number of hydrogen-bond acceptors (Lipinski definition) is 7. The van der Waals surface area contributed by atoms with Gasteiger partial charge in [0.25, 0.3) is 0 Å². The third-order valence-electron chi connectivity index (χ3n) is 9.11. The lowest BCUT2D eigenvalue weighted by Crippen LogP contribution is -2.31. The lowest BCUT2D eigenvalue weighted by atomic mass is 9.99. The number of unbranched alkanes of at least 4 members (excludes halogenated alkanes) is 12. The van der Waals surface area contributed by atoms with Crippen LogP contribution in [0.4, 0.5) is 0 Å². The average Bonchev–Trinajstić information content (AvgIpc) is 3.58. The van der Waals surface area contributed by atoms with Crippen molar-refractivity contribution in [3.05, 3.63) is 11.6 Å². The Balaban J connectivity index is 1.41. The standard InChI is InChI=1S/C35H64O7/c1-3-4-5-6-7-8-9-10-11-15-21-31(38)33-23-24-34(42-33)32(39)22-17-16-19-29(36)18-13-12-14-20-30(37)26-28-25-27(2)41-35(28)40/h25,27,29-34,36-39H,3-24,26H2,1-2H3/t27-,29-,30+,31-,32-,33-,34-/m0/s1. The molecule has 2 aliphatic heterocycles. The molecule has 2 heterocycles. The second-order valence-electron chi connectivity index (χ2n) is 13.1. The lowest BCUT2D eigenvalue weighted by molar-refractivity contribution is -0.139. The third kappa shape index (κ3) is 16.2. The minimum atomic E-state index is -0.530. The molecular weight excluding hydrogens is 532 g/mol. The minimum absolute atomic E-state index is 0.147. The molecule has 0 aromatic carbocycles. The van der Waals surface area contributed by atoms with Crippen LogP contribution in [0.25, 0.3) is 0 Å². The average molecular weight is 597 g/mol. The number of rotatable bonds is 26. The van der Waals surface area contributed by atoms with Crippen LogP contribution < -0.4 is 0 Å². The molecule has 0 unspecified atom stereocenters. The van der Waals surface area contributed by atoms with Crippen LogP contribution in [0.2, 0.25) is 0 Å². The molecule has 2 aliphatic rings. The Kier molecular flexibility index (Phi) is 19.9. The first-order valence-electron chi connectivity index (χ1n) is 17.6. The van der Waals surface area contributed by atoms with Crippen LogP contribution in [-0.4, -0.2) is 69.1 Å². The number of esters is 1. The molecule has 0 aromatic heterocycles. The monoisotopic (exact) mass is 596 g/mol. The topological polar surface area (TPSA) is 116 Å². The van der Waals surface area contributed by atoms with Crippen molar-refractivity contribution >= 4 is 5.97 Å². The van der Waals surface area contributed by atoms with Crippen molar-refractivity contribution in [3.8, 4) is 0 Å². The molecule has 0 spiro atoms. The zero-order valence-electron chi connectivity index (χ0n) is 26.9. The Hall–Kier alpha value is -0.990. The van der Waals surface area contributed by atoms with Crippen LogP contribution in [0.15, 0.2) is 11.6 Å². The van der Waals surface area contributed by atoms with Gasteiger partial charge in [-0.25, -0.2) is 4.79 Å². The molecule has 7 atom stereocenters. The van der Waals surface area contributed by atoms with E-state index < -0.39 is 18.3 Å². The van der Waals surface area contributed by atoms with Gasteiger partial charge in [-0.05, 0) is 57.9 Å². The first kappa shape index (κ1) is 37.2. The largest absolute Gasteiger partial charge is 0.455 e. The molecule has 42 heavy (non-hydrogen) atoms. The third-order valence-corrected chi connectivity index (χ3v) is 9.11. The summed E-state index contributed by atoms with van der Waals surface area (Å²) in [6, 6.07) is 0. The molecule has 0 saturated carbocycles. The van der Waals surface area contributed by atoms with E-state index in [1.54, 1.807) is 6.08 Å². The highest BCUT2D eigenvalue weighted by Gasteiger charge is 2.34.